The van der Waals surface area contributed by atoms with Gasteiger partial charge in [-0.05, 0) is 38.1 Å². The van der Waals surface area contributed by atoms with E-state index in [1.165, 1.54) is 0 Å². The van der Waals surface area contributed by atoms with Gasteiger partial charge in [-0.2, -0.15) is 5.10 Å². The normalized spacial score (nSPS) is 10.4. The van der Waals surface area contributed by atoms with Gasteiger partial charge in [-0.25, -0.2) is 9.48 Å². The monoisotopic (exact) mass is 287 g/mol. The van der Waals surface area contributed by atoms with E-state index in [-0.39, 0.29) is 11.9 Å². The van der Waals surface area contributed by atoms with Gasteiger partial charge in [0, 0.05) is 23.4 Å². The average molecular weight is 287 g/mol. The first-order chi connectivity index (χ1) is 9.97. The number of aromatic nitrogens is 2. The Balaban J connectivity index is 2.09. The Hall–Kier alpha value is -2.83. The molecule has 0 fully saturated rings. The first-order valence-corrected chi connectivity index (χ1v) is 6.49. The van der Waals surface area contributed by atoms with Crippen molar-refractivity contribution in [2.45, 2.75) is 19.9 Å². The van der Waals surface area contributed by atoms with Crippen LogP contribution < -0.4 is 16.4 Å². The number of nitrogens with two attached hydrogens (primary N) is 1. The number of anilines is 2. The molecular formula is C14H17N5O2. The molecule has 0 bridgehead atoms. The predicted octanol–water partition coefficient (Wildman–Crippen LogP) is 2.21. The third kappa shape index (κ3) is 3.59. The van der Waals surface area contributed by atoms with Gasteiger partial charge in [0.05, 0.1) is 6.20 Å². The number of urea groups is 1. The highest BCUT2D eigenvalue weighted by Crippen LogP contribution is 2.15. The molecule has 2 rings (SSSR count). The second-order valence-electron chi connectivity index (χ2n) is 4.78. The SMILES string of the molecule is CC(C)n1nccc1NC(=O)c1ccc(NC(N)=O)cc1. The molecule has 0 saturated heterocycles. The maximum Gasteiger partial charge on any atom is 0.316 e. The second kappa shape index (κ2) is 6.08. The molecule has 110 valence electrons. The molecule has 0 spiro atoms. The average Bonchev–Trinajstić information content (AvgIpc) is 2.87. The maximum atomic E-state index is 12.2. The summed E-state index contributed by atoms with van der Waals surface area (Å²) in [6, 6.07) is 7.68. The van der Waals surface area contributed by atoms with Crippen molar-refractivity contribution >= 4 is 23.4 Å². The Morgan fingerprint density at radius 2 is 1.81 bits per heavy atom. The molecule has 0 radical (unpaired) electrons. The van der Waals surface area contributed by atoms with Gasteiger partial charge in [0.25, 0.3) is 5.91 Å². The molecule has 0 unspecified atom stereocenters. The Kier molecular flexibility index (Phi) is 4.22. The Bertz CT molecular complexity index is 646. The van der Waals surface area contributed by atoms with Crippen LogP contribution >= 0.6 is 0 Å². The summed E-state index contributed by atoms with van der Waals surface area (Å²) in [4.78, 5) is 22.9. The molecule has 7 nitrogen and oxygen atoms in total. The van der Waals surface area contributed by atoms with Gasteiger partial charge >= 0.3 is 6.03 Å². The van der Waals surface area contributed by atoms with Gasteiger partial charge < -0.3 is 16.4 Å². The number of primary amides is 1. The molecule has 2 aromatic rings. The fraction of sp³-hybridized carbons (Fsp3) is 0.214. The molecule has 1 heterocycles. The van der Waals surface area contributed by atoms with Crippen molar-refractivity contribution in [1.29, 1.82) is 0 Å². The number of hydrogen-bond acceptors (Lipinski definition) is 3. The molecule has 0 atom stereocenters. The summed E-state index contributed by atoms with van der Waals surface area (Å²) in [5.41, 5.74) is 6.03. The fourth-order valence-corrected chi connectivity index (χ4v) is 1.86. The van der Waals surface area contributed by atoms with Crippen LogP contribution in [-0.4, -0.2) is 21.7 Å². The number of nitrogens with zero attached hydrogens (tertiary/aromatic N) is 2. The number of nitrogens with one attached hydrogen (secondary N) is 2. The number of amides is 3. The summed E-state index contributed by atoms with van der Waals surface area (Å²) in [7, 11) is 0. The van der Waals surface area contributed by atoms with Gasteiger partial charge in [0.1, 0.15) is 5.82 Å². The smallest absolute Gasteiger partial charge is 0.316 e. The molecule has 21 heavy (non-hydrogen) atoms. The predicted molar refractivity (Wildman–Crippen MR) is 80.2 cm³/mol. The Labute approximate surface area is 122 Å². The molecule has 4 N–H and O–H groups in total. The molecule has 0 aliphatic carbocycles. The Morgan fingerprint density at radius 3 is 2.38 bits per heavy atom. The van der Waals surface area contributed by atoms with Crippen LogP contribution in [0, 0.1) is 0 Å². The molecule has 1 aromatic heterocycles. The second-order valence-corrected chi connectivity index (χ2v) is 4.78. The van der Waals surface area contributed by atoms with E-state index >= 15 is 0 Å². The van der Waals surface area contributed by atoms with Gasteiger partial charge in [-0.1, -0.05) is 0 Å². The summed E-state index contributed by atoms with van der Waals surface area (Å²) in [5.74, 6) is 0.386. The highest BCUT2D eigenvalue weighted by molar-refractivity contribution is 6.04. The van der Waals surface area contributed by atoms with Crippen LogP contribution in [0.15, 0.2) is 36.5 Å². The van der Waals surface area contributed by atoms with E-state index in [4.69, 9.17) is 5.73 Å². The van der Waals surface area contributed by atoms with Crippen LogP contribution in [0.3, 0.4) is 0 Å². The van der Waals surface area contributed by atoms with Crippen molar-refractivity contribution in [2.75, 3.05) is 10.6 Å². The standard InChI is InChI=1S/C14H17N5O2/c1-9(2)19-12(7-8-16-19)18-13(20)10-3-5-11(6-4-10)17-14(15)21/h3-9H,1-2H3,(H,18,20)(H3,15,17,21). The van der Waals surface area contributed by atoms with Crippen LogP contribution in [0.1, 0.15) is 30.2 Å². The van der Waals surface area contributed by atoms with Gasteiger partial charge in [-0.15, -0.1) is 0 Å². The molecular weight excluding hydrogens is 270 g/mol. The van der Waals surface area contributed by atoms with Crippen molar-refractivity contribution in [3.8, 4) is 0 Å². The van der Waals surface area contributed by atoms with E-state index in [1.807, 2.05) is 13.8 Å². The van der Waals surface area contributed by atoms with E-state index in [9.17, 15) is 9.59 Å². The first kappa shape index (κ1) is 14.6. The molecule has 0 aliphatic heterocycles. The van der Waals surface area contributed by atoms with E-state index in [1.54, 1.807) is 41.2 Å². The van der Waals surface area contributed by atoms with Crippen molar-refractivity contribution in [1.82, 2.24) is 9.78 Å². The Morgan fingerprint density at radius 1 is 1.14 bits per heavy atom. The third-order valence-corrected chi connectivity index (χ3v) is 2.82. The topological polar surface area (TPSA) is 102 Å². The minimum atomic E-state index is -0.645. The highest BCUT2D eigenvalue weighted by atomic mass is 16.2. The summed E-state index contributed by atoms with van der Waals surface area (Å²) in [6.07, 6.45) is 1.63. The lowest BCUT2D eigenvalue weighted by Gasteiger charge is -2.12. The zero-order valence-electron chi connectivity index (χ0n) is 11.8. The van der Waals surface area contributed by atoms with Crippen molar-refractivity contribution in [2.24, 2.45) is 5.73 Å². The van der Waals surface area contributed by atoms with Crippen LogP contribution in [0.5, 0.6) is 0 Å². The van der Waals surface area contributed by atoms with Crippen molar-refractivity contribution in [3.05, 3.63) is 42.1 Å². The lowest BCUT2D eigenvalue weighted by molar-refractivity contribution is 0.102. The van der Waals surface area contributed by atoms with Crippen LogP contribution in [0.2, 0.25) is 0 Å². The summed E-state index contributed by atoms with van der Waals surface area (Å²) < 4.78 is 1.72. The summed E-state index contributed by atoms with van der Waals surface area (Å²) in [6.45, 7) is 3.96. The molecule has 0 aliphatic rings. The van der Waals surface area contributed by atoms with Gasteiger partial charge in [0.15, 0.2) is 0 Å². The first-order valence-electron chi connectivity index (χ1n) is 6.49. The number of carbonyl (C=O) groups is 2. The van der Waals surface area contributed by atoms with E-state index < -0.39 is 6.03 Å². The number of hydrogen-bond donors (Lipinski definition) is 3. The zero-order valence-corrected chi connectivity index (χ0v) is 11.8. The minimum Gasteiger partial charge on any atom is -0.351 e. The molecule has 1 aromatic carbocycles. The van der Waals surface area contributed by atoms with E-state index in [0.717, 1.165) is 0 Å². The quantitative estimate of drug-likeness (QED) is 0.803. The lowest BCUT2D eigenvalue weighted by atomic mass is 10.2. The molecule has 0 saturated carbocycles. The van der Waals surface area contributed by atoms with Crippen LogP contribution in [0.25, 0.3) is 0 Å². The van der Waals surface area contributed by atoms with Gasteiger partial charge in [-0.3, -0.25) is 4.79 Å². The van der Waals surface area contributed by atoms with E-state index in [0.29, 0.717) is 17.1 Å². The van der Waals surface area contributed by atoms with Crippen LogP contribution in [0.4, 0.5) is 16.3 Å². The highest BCUT2D eigenvalue weighted by Gasteiger charge is 2.11. The molecule has 7 heteroatoms. The maximum absolute atomic E-state index is 12.2. The van der Waals surface area contributed by atoms with E-state index in [2.05, 4.69) is 15.7 Å². The summed E-state index contributed by atoms with van der Waals surface area (Å²) in [5, 5.41) is 9.38. The summed E-state index contributed by atoms with van der Waals surface area (Å²) >= 11 is 0. The zero-order chi connectivity index (χ0) is 15.4. The minimum absolute atomic E-state index is 0.150. The largest absolute Gasteiger partial charge is 0.351 e. The van der Waals surface area contributed by atoms with Gasteiger partial charge in [0.2, 0.25) is 0 Å². The van der Waals surface area contributed by atoms with Crippen molar-refractivity contribution in [3.63, 3.8) is 0 Å². The number of carbonyl (C=O) groups excluding carboxylic acids is 2. The number of benzene rings is 1. The van der Waals surface area contributed by atoms with Crippen molar-refractivity contribution < 1.29 is 9.59 Å². The molecule has 3 amide bonds. The lowest BCUT2D eigenvalue weighted by Crippen LogP contribution is -2.19. The number of rotatable bonds is 4. The fourth-order valence-electron chi connectivity index (χ4n) is 1.86. The van der Waals surface area contributed by atoms with Crippen LogP contribution in [-0.2, 0) is 0 Å². The third-order valence-electron chi connectivity index (χ3n) is 2.82.